The zero-order valence-electron chi connectivity index (χ0n) is 10.2. The minimum Gasteiger partial charge on any atom is -0.370 e. The van der Waals surface area contributed by atoms with E-state index in [1.807, 2.05) is 0 Å². The molecule has 3 N–H and O–H groups in total. The Morgan fingerprint density at radius 2 is 1.89 bits per heavy atom. The SMILES string of the molecule is NC(=O)COCCNCc1ccc(C(F)(F)F)cc1. The van der Waals surface area contributed by atoms with Gasteiger partial charge in [0.25, 0.3) is 0 Å². The molecule has 0 bridgehead atoms. The zero-order valence-corrected chi connectivity index (χ0v) is 10.2. The number of alkyl halides is 3. The van der Waals surface area contributed by atoms with Gasteiger partial charge in [0.05, 0.1) is 12.2 Å². The van der Waals surface area contributed by atoms with E-state index in [9.17, 15) is 18.0 Å². The highest BCUT2D eigenvalue weighted by atomic mass is 19.4. The fourth-order valence-corrected chi connectivity index (χ4v) is 1.36. The molecule has 19 heavy (non-hydrogen) atoms. The summed E-state index contributed by atoms with van der Waals surface area (Å²) in [5, 5.41) is 2.98. The molecule has 0 atom stereocenters. The van der Waals surface area contributed by atoms with E-state index >= 15 is 0 Å². The maximum atomic E-state index is 12.3. The van der Waals surface area contributed by atoms with E-state index in [-0.39, 0.29) is 6.61 Å². The molecular formula is C12H15F3N2O2. The summed E-state index contributed by atoms with van der Waals surface area (Å²) in [5.41, 5.74) is 4.94. The maximum Gasteiger partial charge on any atom is 0.416 e. The molecule has 4 nitrogen and oxygen atoms in total. The van der Waals surface area contributed by atoms with Crippen molar-refractivity contribution in [2.24, 2.45) is 5.73 Å². The number of ether oxygens (including phenoxy) is 1. The lowest BCUT2D eigenvalue weighted by molar-refractivity contribution is -0.137. The van der Waals surface area contributed by atoms with Crippen LogP contribution in [-0.4, -0.2) is 25.7 Å². The quantitative estimate of drug-likeness (QED) is 0.738. The van der Waals surface area contributed by atoms with Gasteiger partial charge in [-0.05, 0) is 17.7 Å². The van der Waals surface area contributed by atoms with Crippen LogP contribution in [0, 0.1) is 0 Å². The first-order valence-electron chi connectivity index (χ1n) is 5.62. The number of hydrogen-bond acceptors (Lipinski definition) is 3. The molecule has 0 heterocycles. The second-order valence-electron chi connectivity index (χ2n) is 3.89. The van der Waals surface area contributed by atoms with Gasteiger partial charge in [-0.15, -0.1) is 0 Å². The number of nitrogens with two attached hydrogens (primary N) is 1. The number of nitrogens with one attached hydrogen (secondary N) is 1. The van der Waals surface area contributed by atoms with Crippen molar-refractivity contribution in [3.8, 4) is 0 Å². The van der Waals surface area contributed by atoms with Gasteiger partial charge < -0.3 is 15.8 Å². The lowest BCUT2D eigenvalue weighted by Gasteiger charge is -2.08. The number of amides is 1. The van der Waals surface area contributed by atoms with Crippen LogP contribution in [0.25, 0.3) is 0 Å². The number of carbonyl (C=O) groups excluding carboxylic acids is 1. The van der Waals surface area contributed by atoms with Crippen LogP contribution >= 0.6 is 0 Å². The van der Waals surface area contributed by atoms with Crippen LogP contribution in [0.5, 0.6) is 0 Å². The molecule has 0 aromatic heterocycles. The molecule has 0 saturated heterocycles. The Balaban J connectivity index is 2.25. The number of rotatable bonds is 7. The molecule has 1 aromatic rings. The molecule has 106 valence electrons. The summed E-state index contributed by atoms with van der Waals surface area (Å²) < 4.78 is 41.8. The molecule has 0 aliphatic rings. The normalized spacial score (nSPS) is 11.5. The highest BCUT2D eigenvalue weighted by Crippen LogP contribution is 2.28. The van der Waals surface area contributed by atoms with Gasteiger partial charge in [-0.25, -0.2) is 0 Å². The first kappa shape index (κ1) is 15.5. The van der Waals surface area contributed by atoms with Crippen LogP contribution in [0.3, 0.4) is 0 Å². The minimum absolute atomic E-state index is 0.137. The van der Waals surface area contributed by atoms with Crippen molar-refractivity contribution in [2.45, 2.75) is 12.7 Å². The van der Waals surface area contributed by atoms with Crippen LogP contribution in [0.1, 0.15) is 11.1 Å². The Kier molecular flexibility index (Phi) is 5.78. The lowest BCUT2D eigenvalue weighted by atomic mass is 10.1. The minimum atomic E-state index is -4.31. The molecule has 0 unspecified atom stereocenters. The third-order valence-electron chi connectivity index (χ3n) is 2.28. The molecule has 1 aromatic carbocycles. The van der Waals surface area contributed by atoms with Gasteiger partial charge in [-0.3, -0.25) is 4.79 Å². The highest BCUT2D eigenvalue weighted by molar-refractivity contribution is 5.74. The van der Waals surface area contributed by atoms with Crippen molar-refractivity contribution < 1.29 is 22.7 Å². The summed E-state index contributed by atoms with van der Waals surface area (Å²) in [6.45, 7) is 1.08. The molecule has 0 radical (unpaired) electrons. The Morgan fingerprint density at radius 1 is 1.26 bits per heavy atom. The van der Waals surface area contributed by atoms with Gasteiger partial charge in [0, 0.05) is 13.1 Å². The fraction of sp³-hybridized carbons (Fsp3) is 0.417. The average molecular weight is 276 g/mol. The largest absolute Gasteiger partial charge is 0.416 e. The number of hydrogen-bond donors (Lipinski definition) is 2. The van der Waals surface area contributed by atoms with Crippen molar-refractivity contribution in [3.63, 3.8) is 0 Å². The fourth-order valence-electron chi connectivity index (χ4n) is 1.36. The lowest BCUT2D eigenvalue weighted by Crippen LogP contribution is -2.23. The summed E-state index contributed by atoms with van der Waals surface area (Å²) in [6, 6.07) is 4.92. The van der Waals surface area contributed by atoms with E-state index in [1.54, 1.807) is 0 Å². The van der Waals surface area contributed by atoms with E-state index in [4.69, 9.17) is 10.5 Å². The summed E-state index contributed by atoms with van der Waals surface area (Å²) in [5.74, 6) is -0.539. The van der Waals surface area contributed by atoms with Crippen LogP contribution in [0.4, 0.5) is 13.2 Å². The number of halogens is 3. The van der Waals surface area contributed by atoms with E-state index in [2.05, 4.69) is 5.32 Å². The van der Waals surface area contributed by atoms with Crippen LogP contribution < -0.4 is 11.1 Å². The topological polar surface area (TPSA) is 64.4 Å². The Morgan fingerprint density at radius 3 is 2.42 bits per heavy atom. The number of primary amides is 1. The molecule has 0 saturated carbocycles. The highest BCUT2D eigenvalue weighted by Gasteiger charge is 2.29. The predicted molar refractivity (Wildman–Crippen MR) is 63.2 cm³/mol. The summed E-state index contributed by atoms with van der Waals surface area (Å²) >= 11 is 0. The third-order valence-corrected chi connectivity index (χ3v) is 2.28. The van der Waals surface area contributed by atoms with Gasteiger partial charge in [-0.1, -0.05) is 12.1 Å². The molecule has 0 aliphatic heterocycles. The first-order chi connectivity index (χ1) is 8.89. The van der Waals surface area contributed by atoms with E-state index in [0.29, 0.717) is 19.7 Å². The van der Waals surface area contributed by atoms with Gasteiger partial charge in [0.15, 0.2) is 0 Å². The summed E-state index contributed by atoms with van der Waals surface area (Å²) in [6.07, 6.45) is -4.31. The molecule has 0 fully saturated rings. The first-order valence-corrected chi connectivity index (χ1v) is 5.62. The van der Waals surface area contributed by atoms with Gasteiger partial charge in [-0.2, -0.15) is 13.2 Å². The second-order valence-corrected chi connectivity index (χ2v) is 3.89. The van der Waals surface area contributed by atoms with Crippen molar-refractivity contribution in [1.29, 1.82) is 0 Å². The van der Waals surface area contributed by atoms with Crippen LogP contribution in [-0.2, 0) is 22.3 Å². The monoisotopic (exact) mass is 276 g/mol. The van der Waals surface area contributed by atoms with Crippen molar-refractivity contribution in [1.82, 2.24) is 5.32 Å². The number of carbonyl (C=O) groups is 1. The van der Waals surface area contributed by atoms with Gasteiger partial charge in [0.2, 0.25) is 5.91 Å². The zero-order chi connectivity index (χ0) is 14.3. The maximum absolute atomic E-state index is 12.3. The van der Waals surface area contributed by atoms with Crippen molar-refractivity contribution >= 4 is 5.91 Å². The average Bonchev–Trinajstić information content (AvgIpc) is 2.32. The van der Waals surface area contributed by atoms with Crippen LogP contribution in [0.2, 0.25) is 0 Å². The van der Waals surface area contributed by atoms with Crippen molar-refractivity contribution in [2.75, 3.05) is 19.8 Å². The third kappa shape index (κ3) is 6.21. The molecule has 0 spiro atoms. The van der Waals surface area contributed by atoms with Gasteiger partial charge >= 0.3 is 6.18 Å². The number of benzene rings is 1. The standard InChI is InChI=1S/C12H15F3N2O2/c13-12(14,15)10-3-1-9(2-4-10)7-17-5-6-19-8-11(16)18/h1-4,17H,5-8H2,(H2,16,18). The smallest absolute Gasteiger partial charge is 0.370 e. The molecule has 1 amide bonds. The molecule has 7 heteroatoms. The van der Waals surface area contributed by atoms with Gasteiger partial charge in [0.1, 0.15) is 6.61 Å². The summed E-state index contributed by atoms with van der Waals surface area (Å²) in [4.78, 5) is 10.4. The summed E-state index contributed by atoms with van der Waals surface area (Å²) in [7, 11) is 0. The van der Waals surface area contributed by atoms with E-state index in [0.717, 1.165) is 17.7 Å². The second kappa shape index (κ2) is 7.10. The van der Waals surface area contributed by atoms with E-state index in [1.165, 1.54) is 12.1 Å². The van der Waals surface area contributed by atoms with Crippen LogP contribution in [0.15, 0.2) is 24.3 Å². The molecular weight excluding hydrogens is 261 g/mol. The molecule has 1 rings (SSSR count). The van der Waals surface area contributed by atoms with E-state index < -0.39 is 17.6 Å². The van der Waals surface area contributed by atoms with Crippen molar-refractivity contribution in [3.05, 3.63) is 35.4 Å². The Hall–Kier alpha value is -1.60. The Labute approximate surface area is 108 Å². The molecule has 0 aliphatic carbocycles. The Bertz CT molecular complexity index is 404. The predicted octanol–water partition coefficient (Wildman–Crippen LogP) is 1.30.